The Hall–Kier alpha value is -0.570. The van der Waals surface area contributed by atoms with Crippen molar-refractivity contribution in [3.05, 3.63) is 0 Å². The van der Waals surface area contributed by atoms with E-state index in [1.54, 1.807) is 7.11 Å². The highest BCUT2D eigenvalue weighted by Gasteiger charge is 2.33. The third-order valence-corrected chi connectivity index (χ3v) is 2.25. The number of rotatable bonds is 3. The molecule has 1 aliphatic carbocycles. The van der Waals surface area contributed by atoms with E-state index in [0.29, 0.717) is 6.47 Å². The Bertz CT molecular complexity index is 127. The molecular weight excluding hydrogens is 144 g/mol. The lowest BCUT2D eigenvalue weighted by Crippen LogP contribution is -2.36. The van der Waals surface area contributed by atoms with E-state index in [-0.39, 0.29) is 0 Å². The maximum atomic E-state index is 10.1. The van der Waals surface area contributed by atoms with Gasteiger partial charge in [-0.2, -0.15) is 0 Å². The van der Waals surface area contributed by atoms with Crippen molar-refractivity contribution in [3.8, 4) is 0 Å². The van der Waals surface area contributed by atoms with Crippen molar-refractivity contribution >= 4 is 6.47 Å². The van der Waals surface area contributed by atoms with E-state index in [2.05, 4.69) is 0 Å². The third kappa shape index (κ3) is 1.93. The Balaban J connectivity index is 2.49. The van der Waals surface area contributed by atoms with Crippen LogP contribution in [0.5, 0.6) is 0 Å². The minimum absolute atomic E-state index is 0.481. The van der Waals surface area contributed by atoms with Crippen molar-refractivity contribution in [2.45, 2.75) is 37.9 Å². The van der Waals surface area contributed by atoms with Crippen LogP contribution in [-0.4, -0.2) is 19.4 Å². The van der Waals surface area contributed by atoms with Crippen LogP contribution in [0.2, 0.25) is 0 Å². The summed E-state index contributed by atoms with van der Waals surface area (Å²) in [5.74, 6) is -0.597. The summed E-state index contributed by atoms with van der Waals surface area (Å²) < 4.78 is 10.1. The summed E-state index contributed by atoms with van der Waals surface area (Å²) in [5.41, 5.74) is 0. The molecule has 0 aromatic carbocycles. The highest BCUT2D eigenvalue weighted by atomic mass is 16.7. The zero-order valence-electron chi connectivity index (χ0n) is 6.84. The van der Waals surface area contributed by atoms with E-state index in [1.165, 1.54) is 6.42 Å². The van der Waals surface area contributed by atoms with Crippen LogP contribution in [0.4, 0.5) is 0 Å². The quantitative estimate of drug-likeness (QED) is 0.461. The van der Waals surface area contributed by atoms with Crippen molar-refractivity contribution in [2.24, 2.45) is 0 Å². The van der Waals surface area contributed by atoms with Gasteiger partial charge in [0.2, 0.25) is 5.79 Å². The van der Waals surface area contributed by atoms with Crippen LogP contribution in [0.3, 0.4) is 0 Å². The summed E-state index contributed by atoms with van der Waals surface area (Å²) in [6.45, 7) is 0.481. The van der Waals surface area contributed by atoms with Crippen molar-refractivity contribution in [2.75, 3.05) is 7.11 Å². The van der Waals surface area contributed by atoms with Crippen LogP contribution in [-0.2, 0) is 14.3 Å². The predicted octanol–water partition coefficient (Wildman–Crippen LogP) is 1.47. The molecule has 0 radical (unpaired) electrons. The molecule has 0 bridgehead atoms. The molecule has 0 aliphatic heterocycles. The molecule has 1 saturated carbocycles. The van der Waals surface area contributed by atoms with Gasteiger partial charge in [0, 0.05) is 20.0 Å². The molecule has 0 aromatic rings. The van der Waals surface area contributed by atoms with Gasteiger partial charge in [-0.05, 0) is 12.8 Å². The lowest BCUT2D eigenvalue weighted by molar-refractivity contribution is -0.222. The molecule has 1 aliphatic rings. The third-order valence-electron chi connectivity index (χ3n) is 2.25. The summed E-state index contributed by atoms with van der Waals surface area (Å²) in [5, 5.41) is 0. The molecule has 0 heterocycles. The first-order chi connectivity index (χ1) is 5.33. The van der Waals surface area contributed by atoms with Gasteiger partial charge in [-0.25, -0.2) is 0 Å². The van der Waals surface area contributed by atoms with Crippen LogP contribution in [0.15, 0.2) is 0 Å². The zero-order chi connectivity index (χ0) is 8.16. The second-order valence-corrected chi connectivity index (χ2v) is 2.89. The first-order valence-electron chi connectivity index (χ1n) is 4.00. The Morgan fingerprint density at radius 2 is 1.91 bits per heavy atom. The predicted molar refractivity (Wildman–Crippen MR) is 40.0 cm³/mol. The van der Waals surface area contributed by atoms with Gasteiger partial charge < -0.3 is 9.47 Å². The molecule has 64 valence electrons. The molecule has 1 fully saturated rings. The molecule has 0 N–H and O–H groups in total. The number of carbonyl (C=O) groups excluding carboxylic acids is 1. The van der Waals surface area contributed by atoms with E-state index in [9.17, 15) is 4.79 Å². The molecule has 11 heavy (non-hydrogen) atoms. The summed E-state index contributed by atoms with van der Waals surface area (Å²) in [7, 11) is 1.59. The van der Waals surface area contributed by atoms with E-state index in [1.807, 2.05) is 0 Å². The average Bonchev–Trinajstić information content (AvgIpc) is 2.07. The fourth-order valence-electron chi connectivity index (χ4n) is 1.55. The lowest BCUT2D eigenvalue weighted by atomic mass is 9.94. The molecule has 0 spiro atoms. The van der Waals surface area contributed by atoms with Crippen LogP contribution in [0.25, 0.3) is 0 Å². The topological polar surface area (TPSA) is 35.5 Å². The van der Waals surface area contributed by atoms with Crippen LogP contribution in [0, 0.1) is 0 Å². The van der Waals surface area contributed by atoms with Gasteiger partial charge in [-0.3, -0.25) is 4.79 Å². The smallest absolute Gasteiger partial charge is 0.295 e. The van der Waals surface area contributed by atoms with Gasteiger partial charge in [0.25, 0.3) is 6.47 Å². The van der Waals surface area contributed by atoms with E-state index in [4.69, 9.17) is 9.47 Å². The standard InChI is InChI=1S/C8H14O3/c1-10-8(11-7-9)5-3-2-4-6-8/h7H,2-6H2,1H3. The van der Waals surface area contributed by atoms with Crippen LogP contribution in [0.1, 0.15) is 32.1 Å². The molecule has 3 heteroatoms. The number of ether oxygens (including phenoxy) is 2. The lowest BCUT2D eigenvalue weighted by Gasteiger charge is -2.33. The van der Waals surface area contributed by atoms with Gasteiger partial charge >= 0.3 is 0 Å². The number of carbonyl (C=O) groups is 1. The summed E-state index contributed by atoms with van der Waals surface area (Å²) >= 11 is 0. The summed E-state index contributed by atoms with van der Waals surface area (Å²) in [4.78, 5) is 10.1. The molecular formula is C8H14O3. The second kappa shape index (κ2) is 3.72. The first-order valence-corrected chi connectivity index (χ1v) is 4.00. The van der Waals surface area contributed by atoms with Crippen molar-refractivity contribution in [3.63, 3.8) is 0 Å². The monoisotopic (exact) mass is 158 g/mol. The maximum Gasteiger partial charge on any atom is 0.295 e. The summed E-state index contributed by atoms with van der Waals surface area (Å²) in [6, 6.07) is 0. The molecule has 3 nitrogen and oxygen atoms in total. The molecule has 1 rings (SSSR count). The maximum absolute atomic E-state index is 10.1. The zero-order valence-corrected chi connectivity index (χ0v) is 6.84. The number of methoxy groups -OCH3 is 1. The average molecular weight is 158 g/mol. The number of hydrogen-bond donors (Lipinski definition) is 0. The minimum atomic E-state index is -0.597. The first kappa shape index (κ1) is 8.53. The summed E-state index contributed by atoms with van der Waals surface area (Å²) in [6.07, 6.45) is 5.06. The Morgan fingerprint density at radius 3 is 2.36 bits per heavy atom. The van der Waals surface area contributed by atoms with E-state index < -0.39 is 5.79 Å². The normalized spacial score (nSPS) is 22.6. The molecule has 0 amide bonds. The van der Waals surface area contributed by atoms with Crippen molar-refractivity contribution in [1.29, 1.82) is 0 Å². The second-order valence-electron chi connectivity index (χ2n) is 2.89. The Kier molecular flexibility index (Phi) is 2.88. The minimum Gasteiger partial charge on any atom is -0.435 e. The van der Waals surface area contributed by atoms with Gasteiger partial charge in [0.15, 0.2) is 0 Å². The Labute approximate surface area is 66.7 Å². The largest absolute Gasteiger partial charge is 0.435 e. The highest BCUT2D eigenvalue weighted by molar-refractivity contribution is 5.38. The molecule has 0 saturated heterocycles. The van der Waals surface area contributed by atoms with Crippen LogP contribution >= 0.6 is 0 Å². The van der Waals surface area contributed by atoms with Gasteiger partial charge in [-0.15, -0.1) is 0 Å². The van der Waals surface area contributed by atoms with Crippen LogP contribution < -0.4 is 0 Å². The Morgan fingerprint density at radius 1 is 1.27 bits per heavy atom. The number of hydrogen-bond acceptors (Lipinski definition) is 3. The van der Waals surface area contributed by atoms with Gasteiger partial charge in [-0.1, -0.05) is 6.42 Å². The molecule has 0 unspecified atom stereocenters. The van der Waals surface area contributed by atoms with Gasteiger partial charge in [0.1, 0.15) is 0 Å². The van der Waals surface area contributed by atoms with Crippen molar-refractivity contribution in [1.82, 2.24) is 0 Å². The molecule has 0 atom stereocenters. The van der Waals surface area contributed by atoms with Gasteiger partial charge in [0.05, 0.1) is 0 Å². The highest BCUT2D eigenvalue weighted by Crippen LogP contribution is 2.31. The SMILES string of the molecule is COC1(OC=O)CCCCC1. The van der Waals surface area contributed by atoms with E-state index in [0.717, 1.165) is 25.7 Å². The van der Waals surface area contributed by atoms with Crippen molar-refractivity contribution < 1.29 is 14.3 Å². The molecule has 0 aromatic heterocycles. The van der Waals surface area contributed by atoms with E-state index >= 15 is 0 Å². The fraction of sp³-hybridized carbons (Fsp3) is 0.875. The fourth-order valence-corrected chi connectivity index (χ4v) is 1.55.